The molecular weight excluding hydrogens is 304 g/mol. The first-order valence-electron chi connectivity index (χ1n) is 6.38. The van der Waals surface area contributed by atoms with Crippen LogP contribution in [0.25, 0.3) is 0 Å². The molecule has 0 fully saturated rings. The fraction of sp³-hybridized carbons (Fsp3) is 0.467. The van der Waals surface area contributed by atoms with Crippen molar-refractivity contribution in [3.63, 3.8) is 0 Å². The third-order valence-corrected chi connectivity index (χ3v) is 3.25. The molecule has 0 amide bonds. The monoisotopic (exact) mass is 322 g/mol. The lowest BCUT2D eigenvalue weighted by Crippen LogP contribution is -2.29. The molecule has 0 bridgehead atoms. The summed E-state index contributed by atoms with van der Waals surface area (Å²) in [5, 5.41) is 8.77. The van der Waals surface area contributed by atoms with Crippen molar-refractivity contribution in [2.75, 3.05) is 18.0 Å². The summed E-state index contributed by atoms with van der Waals surface area (Å²) in [4.78, 5) is 13.9. The van der Waals surface area contributed by atoms with Gasteiger partial charge in [0, 0.05) is 28.8 Å². The van der Waals surface area contributed by atoms with Crippen molar-refractivity contribution in [1.29, 1.82) is 5.26 Å². The molecule has 0 aliphatic rings. The van der Waals surface area contributed by atoms with Crippen LogP contribution in [0.3, 0.4) is 0 Å². The number of hydrogen-bond donors (Lipinski definition) is 0. The van der Waals surface area contributed by atoms with Gasteiger partial charge in [-0.05, 0) is 31.0 Å². The lowest BCUT2D eigenvalue weighted by Gasteiger charge is -2.27. The highest BCUT2D eigenvalue weighted by Gasteiger charge is 2.15. The lowest BCUT2D eigenvalue weighted by molar-refractivity contribution is 0.101. The molecule has 102 valence electrons. The van der Waals surface area contributed by atoms with Crippen molar-refractivity contribution in [2.24, 2.45) is 5.92 Å². The summed E-state index contributed by atoms with van der Waals surface area (Å²) in [6.45, 7) is 7.32. The first-order chi connectivity index (χ1) is 8.95. The first-order valence-corrected chi connectivity index (χ1v) is 7.17. The number of nitrogens with zero attached hydrogens (tertiary/aromatic N) is 2. The third-order valence-electron chi connectivity index (χ3n) is 2.76. The zero-order valence-corrected chi connectivity index (χ0v) is 13.2. The van der Waals surface area contributed by atoms with E-state index in [1.807, 2.05) is 18.2 Å². The summed E-state index contributed by atoms with van der Waals surface area (Å²) < 4.78 is 0.895. The van der Waals surface area contributed by atoms with E-state index in [0.717, 1.165) is 16.7 Å². The Hall–Kier alpha value is -1.34. The van der Waals surface area contributed by atoms with Gasteiger partial charge in [-0.15, -0.1) is 0 Å². The molecule has 0 N–H and O–H groups in total. The second kappa shape index (κ2) is 7.30. The Morgan fingerprint density at radius 1 is 1.47 bits per heavy atom. The molecule has 0 heterocycles. The van der Waals surface area contributed by atoms with Gasteiger partial charge < -0.3 is 4.90 Å². The molecule has 0 aromatic heterocycles. The molecule has 1 aromatic rings. The van der Waals surface area contributed by atoms with Crippen LogP contribution in [0, 0.1) is 17.2 Å². The molecule has 0 unspecified atom stereocenters. The molecule has 3 nitrogen and oxygen atoms in total. The van der Waals surface area contributed by atoms with Crippen LogP contribution < -0.4 is 4.90 Å². The van der Waals surface area contributed by atoms with Crippen LogP contribution >= 0.6 is 15.9 Å². The van der Waals surface area contributed by atoms with Gasteiger partial charge >= 0.3 is 0 Å². The smallest absolute Gasteiger partial charge is 0.161 e. The van der Waals surface area contributed by atoms with E-state index in [1.165, 1.54) is 0 Å². The Kier molecular flexibility index (Phi) is 6.04. The fourth-order valence-electron chi connectivity index (χ4n) is 2.00. The van der Waals surface area contributed by atoms with Crippen molar-refractivity contribution in [3.8, 4) is 6.07 Å². The molecule has 1 aromatic carbocycles. The number of carbonyl (C=O) groups excluding carboxylic acids is 1. The van der Waals surface area contributed by atoms with E-state index in [0.29, 0.717) is 24.4 Å². The normalized spacial score (nSPS) is 10.3. The summed E-state index contributed by atoms with van der Waals surface area (Å²) in [7, 11) is 0. The standard InChI is InChI=1S/C15H19BrN2O/c1-11(2)10-18(8-4-7-17)15-6-5-13(16)9-14(15)12(3)19/h5-6,9,11H,4,8,10H2,1-3H3. The van der Waals surface area contributed by atoms with Crippen LogP contribution in [0.15, 0.2) is 22.7 Å². The van der Waals surface area contributed by atoms with Crippen LogP contribution in [0.1, 0.15) is 37.6 Å². The maximum atomic E-state index is 11.8. The van der Waals surface area contributed by atoms with Gasteiger partial charge in [-0.1, -0.05) is 29.8 Å². The van der Waals surface area contributed by atoms with Crippen LogP contribution in [-0.2, 0) is 0 Å². The number of Topliss-reactive ketones (excluding diaryl/α,β-unsaturated/α-hetero) is 1. The van der Waals surface area contributed by atoms with E-state index in [2.05, 4.69) is 40.7 Å². The minimum absolute atomic E-state index is 0.0435. The van der Waals surface area contributed by atoms with Crippen molar-refractivity contribution >= 4 is 27.4 Å². The zero-order chi connectivity index (χ0) is 14.4. The molecule has 0 spiro atoms. The minimum Gasteiger partial charge on any atom is -0.370 e. The Morgan fingerprint density at radius 3 is 2.68 bits per heavy atom. The highest BCUT2D eigenvalue weighted by Crippen LogP contribution is 2.26. The van der Waals surface area contributed by atoms with Gasteiger partial charge in [0.15, 0.2) is 5.78 Å². The SMILES string of the molecule is CC(=O)c1cc(Br)ccc1N(CCC#N)CC(C)C. The number of carbonyl (C=O) groups is 1. The summed E-state index contributed by atoms with van der Waals surface area (Å²) in [6.07, 6.45) is 0.458. The highest BCUT2D eigenvalue weighted by atomic mass is 79.9. The molecule has 4 heteroatoms. The number of hydrogen-bond acceptors (Lipinski definition) is 3. The van der Waals surface area contributed by atoms with Crippen LogP contribution in [-0.4, -0.2) is 18.9 Å². The number of halogens is 1. The Labute approximate surface area is 123 Å². The van der Waals surface area contributed by atoms with Crippen LogP contribution in [0.5, 0.6) is 0 Å². The molecule has 0 saturated carbocycles. The van der Waals surface area contributed by atoms with E-state index < -0.39 is 0 Å². The van der Waals surface area contributed by atoms with Gasteiger partial charge in [0.25, 0.3) is 0 Å². The summed E-state index contributed by atoms with van der Waals surface area (Å²) in [5.74, 6) is 0.518. The summed E-state index contributed by atoms with van der Waals surface area (Å²) in [5.41, 5.74) is 1.62. The number of ketones is 1. The highest BCUT2D eigenvalue weighted by molar-refractivity contribution is 9.10. The fourth-order valence-corrected chi connectivity index (χ4v) is 2.36. The van der Waals surface area contributed by atoms with Gasteiger partial charge in [0.2, 0.25) is 0 Å². The number of nitriles is 1. The van der Waals surface area contributed by atoms with E-state index in [4.69, 9.17) is 5.26 Å². The second-order valence-corrected chi connectivity index (χ2v) is 5.88. The molecule has 0 aliphatic heterocycles. The van der Waals surface area contributed by atoms with E-state index in [9.17, 15) is 4.79 Å². The zero-order valence-electron chi connectivity index (χ0n) is 11.6. The molecule has 19 heavy (non-hydrogen) atoms. The molecule has 0 radical (unpaired) electrons. The second-order valence-electron chi connectivity index (χ2n) is 4.97. The van der Waals surface area contributed by atoms with Gasteiger partial charge in [0.05, 0.1) is 12.5 Å². The first kappa shape index (κ1) is 15.7. The predicted octanol–water partition coefficient (Wildman–Crippen LogP) is 4.03. The maximum absolute atomic E-state index is 11.8. The lowest BCUT2D eigenvalue weighted by atomic mass is 10.1. The van der Waals surface area contributed by atoms with Crippen LogP contribution in [0.2, 0.25) is 0 Å². The van der Waals surface area contributed by atoms with Gasteiger partial charge in [-0.25, -0.2) is 0 Å². The Bertz CT molecular complexity index is 491. The topological polar surface area (TPSA) is 44.1 Å². The van der Waals surface area contributed by atoms with Crippen molar-refractivity contribution in [2.45, 2.75) is 27.2 Å². The van der Waals surface area contributed by atoms with Gasteiger partial charge in [0.1, 0.15) is 0 Å². The maximum Gasteiger partial charge on any atom is 0.161 e. The largest absolute Gasteiger partial charge is 0.370 e. The minimum atomic E-state index is 0.0435. The van der Waals surface area contributed by atoms with E-state index in [-0.39, 0.29) is 5.78 Å². The van der Waals surface area contributed by atoms with E-state index >= 15 is 0 Å². The molecule has 1 rings (SSSR count). The average molecular weight is 323 g/mol. The van der Waals surface area contributed by atoms with Crippen molar-refractivity contribution < 1.29 is 4.79 Å². The van der Waals surface area contributed by atoms with Crippen molar-refractivity contribution in [1.82, 2.24) is 0 Å². The molecule has 0 aliphatic carbocycles. The Morgan fingerprint density at radius 2 is 2.16 bits per heavy atom. The molecular formula is C15H19BrN2O. The number of benzene rings is 1. The van der Waals surface area contributed by atoms with Crippen LogP contribution in [0.4, 0.5) is 5.69 Å². The average Bonchev–Trinajstić information content (AvgIpc) is 2.34. The van der Waals surface area contributed by atoms with Gasteiger partial charge in [-0.3, -0.25) is 4.79 Å². The predicted molar refractivity (Wildman–Crippen MR) is 81.4 cm³/mol. The quantitative estimate of drug-likeness (QED) is 0.743. The summed E-state index contributed by atoms with van der Waals surface area (Å²) >= 11 is 3.39. The number of anilines is 1. The Balaban J connectivity index is 3.13. The third kappa shape index (κ3) is 4.68. The van der Waals surface area contributed by atoms with Crippen molar-refractivity contribution in [3.05, 3.63) is 28.2 Å². The summed E-state index contributed by atoms with van der Waals surface area (Å²) in [6, 6.07) is 7.89. The number of rotatable bonds is 6. The van der Waals surface area contributed by atoms with Gasteiger partial charge in [-0.2, -0.15) is 5.26 Å². The van der Waals surface area contributed by atoms with E-state index in [1.54, 1.807) is 6.92 Å². The molecule has 0 saturated heterocycles. The molecule has 0 atom stereocenters.